The Bertz CT molecular complexity index is 712. The molecular formula is C12H13N5S. The second-order valence-electron chi connectivity index (χ2n) is 4.09. The Morgan fingerprint density at radius 3 is 2.89 bits per heavy atom. The van der Waals surface area contributed by atoms with Crippen LogP contribution in [0.2, 0.25) is 0 Å². The number of fused-ring (bicyclic) bond motifs is 1. The maximum absolute atomic E-state index is 5.63. The van der Waals surface area contributed by atoms with Crippen LogP contribution in [0, 0.1) is 6.92 Å². The van der Waals surface area contributed by atoms with Crippen molar-refractivity contribution in [2.45, 2.75) is 13.5 Å². The van der Waals surface area contributed by atoms with Crippen molar-refractivity contribution in [1.82, 2.24) is 19.5 Å². The molecule has 18 heavy (non-hydrogen) atoms. The van der Waals surface area contributed by atoms with E-state index in [9.17, 15) is 0 Å². The summed E-state index contributed by atoms with van der Waals surface area (Å²) in [7, 11) is 1.99. The fraction of sp³-hybridized carbons (Fsp3) is 0.250. The predicted octanol–water partition coefficient (Wildman–Crippen LogP) is 1.86. The minimum atomic E-state index is 0.469. The molecule has 0 spiro atoms. The third-order valence-corrected chi connectivity index (χ3v) is 4.08. The molecule has 2 N–H and O–H groups in total. The summed E-state index contributed by atoms with van der Waals surface area (Å²) in [6.07, 6.45) is 3.58. The van der Waals surface area contributed by atoms with Crippen LogP contribution in [0.25, 0.3) is 21.7 Å². The van der Waals surface area contributed by atoms with E-state index in [2.05, 4.69) is 15.0 Å². The Morgan fingerprint density at radius 2 is 2.22 bits per heavy atom. The minimum absolute atomic E-state index is 0.469. The number of hydrogen-bond donors (Lipinski definition) is 1. The molecule has 0 fully saturated rings. The largest absolute Gasteiger partial charge is 0.325 e. The van der Waals surface area contributed by atoms with Gasteiger partial charge in [0.25, 0.3) is 0 Å². The number of pyridine rings is 1. The number of nitrogens with two attached hydrogens (primary N) is 1. The van der Waals surface area contributed by atoms with E-state index in [1.807, 2.05) is 30.8 Å². The van der Waals surface area contributed by atoms with Crippen molar-refractivity contribution in [2.75, 3.05) is 0 Å². The molecule has 6 heteroatoms. The van der Waals surface area contributed by atoms with E-state index in [-0.39, 0.29) is 0 Å². The number of aryl methyl sites for hydroxylation is 2. The van der Waals surface area contributed by atoms with Crippen LogP contribution in [0.15, 0.2) is 18.5 Å². The lowest BCUT2D eigenvalue weighted by atomic mass is 10.4. The van der Waals surface area contributed by atoms with Gasteiger partial charge in [-0.15, -0.1) is 11.3 Å². The minimum Gasteiger partial charge on any atom is -0.325 e. The van der Waals surface area contributed by atoms with E-state index in [0.717, 1.165) is 32.4 Å². The molecule has 0 unspecified atom stereocenters. The van der Waals surface area contributed by atoms with Crippen LogP contribution in [0.4, 0.5) is 0 Å². The standard InChI is InChI=1S/C12H13N5S/c1-7-11(18-10(5-13)15-7)12-16-8-3-4-14-6-9(8)17(12)2/h3-4,6H,5,13H2,1-2H3. The summed E-state index contributed by atoms with van der Waals surface area (Å²) in [5.74, 6) is 0.924. The number of thiazole rings is 1. The summed E-state index contributed by atoms with van der Waals surface area (Å²) >= 11 is 1.60. The van der Waals surface area contributed by atoms with Gasteiger partial charge in [0.1, 0.15) is 5.01 Å². The molecule has 3 heterocycles. The molecule has 3 rings (SSSR count). The topological polar surface area (TPSA) is 69.6 Å². The van der Waals surface area contributed by atoms with Crippen LogP contribution in [0.1, 0.15) is 10.7 Å². The molecule has 0 aromatic carbocycles. The van der Waals surface area contributed by atoms with Gasteiger partial charge in [0.15, 0.2) is 5.82 Å². The van der Waals surface area contributed by atoms with Crippen molar-refractivity contribution in [3.8, 4) is 10.7 Å². The summed E-state index contributed by atoms with van der Waals surface area (Å²) in [4.78, 5) is 14.3. The summed E-state index contributed by atoms with van der Waals surface area (Å²) in [6, 6.07) is 1.92. The first-order valence-corrected chi connectivity index (χ1v) is 6.45. The zero-order valence-electron chi connectivity index (χ0n) is 10.2. The lowest BCUT2D eigenvalue weighted by Gasteiger charge is -1.99. The van der Waals surface area contributed by atoms with Crippen LogP contribution >= 0.6 is 11.3 Å². The summed E-state index contributed by atoms with van der Waals surface area (Å²) in [6.45, 7) is 2.46. The van der Waals surface area contributed by atoms with Gasteiger partial charge in [-0.05, 0) is 13.0 Å². The molecule has 0 aliphatic heterocycles. The fourth-order valence-corrected chi connectivity index (χ4v) is 2.95. The molecule has 0 saturated heterocycles. The molecular weight excluding hydrogens is 246 g/mol. The first kappa shape index (κ1) is 11.3. The van der Waals surface area contributed by atoms with Crippen molar-refractivity contribution in [3.05, 3.63) is 29.2 Å². The first-order chi connectivity index (χ1) is 8.70. The Kier molecular flexibility index (Phi) is 2.61. The van der Waals surface area contributed by atoms with Gasteiger partial charge in [0.05, 0.1) is 27.8 Å². The highest BCUT2D eigenvalue weighted by Crippen LogP contribution is 2.30. The number of aromatic nitrogens is 4. The van der Waals surface area contributed by atoms with Crippen LogP contribution in [-0.4, -0.2) is 19.5 Å². The SMILES string of the molecule is Cc1nc(CN)sc1-c1nc2ccncc2n1C. The predicted molar refractivity (Wildman–Crippen MR) is 72.2 cm³/mol. The van der Waals surface area contributed by atoms with Gasteiger partial charge in [0, 0.05) is 19.8 Å². The molecule has 0 atom stereocenters. The van der Waals surface area contributed by atoms with Crippen molar-refractivity contribution in [1.29, 1.82) is 0 Å². The van der Waals surface area contributed by atoms with E-state index in [1.54, 1.807) is 17.5 Å². The Balaban J connectivity index is 2.24. The third-order valence-electron chi connectivity index (χ3n) is 2.90. The smallest absolute Gasteiger partial charge is 0.152 e. The molecule has 0 bridgehead atoms. The zero-order valence-corrected chi connectivity index (χ0v) is 11.0. The summed E-state index contributed by atoms with van der Waals surface area (Å²) in [5.41, 5.74) is 8.58. The molecule has 0 amide bonds. The highest BCUT2D eigenvalue weighted by molar-refractivity contribution is 7.15. The normalized spacial score (nSPS) is 11.3. The van der Waals surface area contributed by atoms with Crippen LogP contribution < -0.4 is 5.73 Å². The molecule has 0 aliphatic carbocycles. The van der Waals surface area contributed by atoms with Crippen molar-refractivity contribution < 1.29 is 0 Å². The van der Waals surface area contributed by atoms with Crippen molar-refractivity contribution in [2.24, 2.45) is 12.8 Å². The summed E-state index contributed by atoms with van der Waals surface area (Å²) in [5, 5.41) is 0.938. The highest BCUT2D eigenvalue weighted by atomic mass is 32.1. The van der Waals surface area contributed by atoms with Gasteiger partial charge >= 0.3 is 0 Å². The Hall–Kier alpha value is -1.79. The molecule has 3 aromatic heterocycles. The van der Waals surface area contributed by atoms with Crippen LogP contribution in [0.3, 0.4) is 0 Å². The average molecular weight is 259 g/mol. The molecule has 5 nitrogen and oxygen atoms in total. The average Bonchev–Trinajstić information content (AvgIpc) is 2.91. The quantitative estimate of drug-likeness (QED) is 0.762. The second kappa shape index (κ2) is 4.15. The fourth-order valence-electron chi connectivity index (χ4n) is 1.99. The van der Waals surface area contributed by atoms with E-state index < -0.39 is 0 Å². The lowest BCUT2D eigenvalue weighted by molar-refractivity contribution is 0.955. The van der Waals surface area contributed by atoms with Gasteiger partial charge in [-0.2, -0.15) is 0 Å². The van der Waals surface area contributed by atoms with Gasteiger partial charge in [-0.25, -0.2) is 9.97 Å². The highest BCUT2D eigenvalue weighted by Gasteiger charge is 2.15. The zero-order chi connectivity index (χ0) is 12.7. The Morgan fingerprint density at radius 1 is 1.39 bits per heavy atom. The Labute approximate surface area is 108 Å². The second-order valence-corrected chi connectivity index (χ2v) is 5.17. The van der Waals surface area contributed by atoms with E-state index in [0.29, 0.717) is 6.54 Å². The van der Waals surface area contributed by atoms with E-state index in [1.165, 1.54) is 0 Å². The number of nitrogens with zero attached hydrogens (tertiary/aromatic N) is 4. The van der Waals surface area contributed by atoms with E-state index >= 15 is 0 Å². The number of rotatable bonds is 2. The maximum atomic E-state index is 5.63. The monoisotopic (exact) mass is 259 g/mol. The van der Waals surface area contributed by atoms with Crippen LogP contribution in [0.5, 0.6) is 0 Å². The molecule has 3 aromatic rings. The van der Waals surface area contributed by atoms with Crippen LogP contribution in [-0.2, 0) is 13.6 Å². The molecule has 0 radical (unpaired) electrons. The summed E-state index contributed by atoms with van der Waals surface area (Å²) < 4.78 is 2.04. The molecule has 92 valence electrons. The van der Waals surface area contributed by atoms with E-state index in [4.69, 9.17) is 5.73 Å². The number of imidazole rings is 1. The van der Waals surface area contributed by atoms with Gasteiger partial charge in [-0.1, -0.05) is 0 Å². The van der Waals surface area contributed by atoms with Gasteiger partial charge in [0.2, 0.25) is 0 Å². The third kappa shape index (κ3) is 1.61. The molecule has 0 aliphatic rings. The van der Waals surface area contributed by atoms with Gasteiger partial charge in [-0.3, -0.25) is 4.98 Å². The van der Waals surface area contributed by atoms with Crippen molar-refractivity contribution >= 4 is 22.4 Å². The van der Waals surface area contributed by atoms with Crippen molar-refractivity contribution in [3.63, 3.8) is 0 Å². The molecule has 0 saturated carbocycles. The van der Waals surface area contributed by atoms with Gasteiger partial charge < -0.3 is 10.3 Å². The first-order valence-electron chi connectivity index (χ1n) is 5.64. The number of hydrogen-bond acceptors (Lipinski definition) is 5. The maximum Gasteiger partial charge on any atom is 0.152 e. The lowest BCUT2D eigenvalue weighted by Crippen LogP contribution is -1.94.